The molecule has 6 rings (SSSR count). The quantitative estimate of drug-likeness (QED) is 0.107. The average Bonchev–Trinajstić information content (AvgIpc) is 2.84. The summed E-state index contributed by atoms with van der Waals surface area (Å²) in [4.78, 5) is 5.27. The average molecular weight is 604 g/mol. The third-order valence-electron chi connectivity index (χ3n) is 5.84. The van der Waals surface area contributed by atoms with Gasteiger partial charge in [0.2, 0.25) is 0 Å². The first-order chi connectivity index (χ1) is 15.4. The fourth-order valence-corrected chi connectivity index (χ4v) is 7.11. The molecule has 0 unspecified atom stereocenters. The van der Waals surface area contributed by atoms with Gasteiger partial charge in [0, 0.05) is 5.39 Å². The molecule has 3 heteroatoms. The molecule has 0 aliphatic carbocycles. The van der Waals surface area contributed by atoms with E-state index in [-0.39, 0.29) is 19.8 Å². The Hall–Kier alpha value is -2.90. The predicted molar refractivity (Wildman–Crippen MR) is 136 cm³/mol. The number of fused-ring (bicyclic) bond motifs is 4. The molecule has 0 aliphatic heterocycles. The second-order valence-corrected chi connectivity index (χ2v) is 10.2. The SMILES string of the molecule is [Os+].[c-]1cccc2ccc3cc4cccc([PH+](c5ccccc5)c5ccccc5)c4nc3c12. The molecule has 1 radical (unpaired) electrons. The van der Waals surface area contributed by atoms with Gasteiger partial charge in [0.05, 0.1) is 0 Å². The van der Waals surface area contributed by atoms with Crippen LogP contribution in [0.5, 0.6) is 0 Å². The maximum Gasteiger partial charge on any atom is 1.00 e. The van der Waals surface area contributed by atoms with Crippen molar-refractivity contribution >= 4 is 56.4 Å². The summed E-state index contributed by atoms with van der Waals surface area (Å²) < 4.78 is 0. The van der Waals surface area contributed by atoms with E-state index in [9.17, 15) is 0 Å². The number of aromatic nitrogens is 1. The standard InChI is InChI=1S/C29H19NP.Os/c1-3-12-24(13-4-1)31(25-14-5-2-6-15-25)27-17-9-11-22-20-23-19-18-21-10-7-8-16-26(21)28(23)30-29(22)27;/h1-15,17-20H;/q-1;+1/p+1. The molecule has 1 aromatic heterocycles. The van der Waals surface area contributed by atoms with Crippen LogP contribution in [0.4, 0.5) is 0 Å². The van der Waals surface area contributed by atoms with Crippen molar-refractivity contribution < 1.29 is 19.8 Å². The molecule has 0 fully saturated rings. The van der Waals surface area contributed by atoms with E-state index >= 15 is 0 Å². The van der Waals surface area contributed by atoms with Crippen molar-refractivity contribution in [3.05, 3.63) is 121 Å². The van der Waals surface area contributed by atoms with E-state index in [1.807, 2.05) is 12.1 Å². The van der Waals surface area contributed by atoms with Gasteiger partial charge in [-0.1, -0.05) is 66.7 Å². The maximum atomic E-state index is 5.27. The van der Waals surface area contributed by atoms with E-state index in [1.165, 1.54) is 26.7 Å². The fourth-order valence-electron chi connectivity index (χ4n) is 4.40. The summed E-state index contributed by atoms with van der Waals surface area (Å²) in [6, 6.07) is 44.5. The van der Waals surface area contributed by atoms with Crippen LogP contribution in [0.1, 0.15) is 0 Å². The molecule has 32 heavy (non-hydrogen) atoms. The minimum atomic E-state index is -1.20. The van der Waals surface area contributed by atoms with Crippen molar-refractivity contribution in [3.8, 4) is 0 Å². The number of benzene rings is 5. The maximum absolute atomic E-state index is 5.27. The molecular weight excluding hydrogens is 584 g/mol. The fraction of sp³-hybridized carbons (Fsp3) is 0. The molecule has 0 aliphatic rings. The molecule has 0 spiro atoms. The topological polar surface area (TPSA) is 12.9 Å². The molecule has 0 atom stereocenters. The number of pyridine rings is 1. The van der Waals surface area contributed by atoms with Crippen LogP contribution in [0.25, 0.3) is 32.6 Å². The van der Waals surface area contributed by atoms with Crippen LogP contribution in [-0.4, -0.2) is 4.98 Å². The van der Waals surface area contributed by atoms with Gasteiger partial charge in [-0.05, 0) is 41.2 Å². The number of hydrogen-bond acceptors (Lipinski definition) is 1. The first-order valence-electron chi connectivity index (χ1n) is 10.5. The largest absolute Gasteiger partial charge is 1.00 e. The summed E-state index contributed by atoms with van der Waals surface area (Å²) in [7, 11) is -1.20. The molecule has 153 valence electrons. The van der Waals surface area contributed by atoms with Crippen LogP contribution in [0.3, 0.4) is 0 Å². The monoisotopic (exact) mass is 605 g/mol. The van der Waals surface area contributed by atoms with Gasteiger partial charge in [0.15, 0.2) is 0 Å². The van der Waals surface area contributed by atoms with Crippen LogP contribution in [-0.2, 0) is 19.8 Å². The Morgan fingerprint density at radius 3 is 1.91 bits per heavy atom. The number of para-hydroxylation sites is 1. The molecule has 5 aromatic carbocycles. The van der Waals surface area contributed by atoms with E-state index in [0.717, 1.165) is 21.8 Å². The summed E-state index contributed by atoms with van der Waals surface area (Å²) in [5, 5.41) is 8.69. The third-order valence-corrected chi connectivity index (χ3v) is 8.60. The second kappa shape index (κ2) is 8.92. The van der Waals surface area contributed by atoms with Crippen molar-refractivity contribution in [2.24, 2.45) is 0 Å². The minimum Gasteiger partial charge on any atom is -0.292 e. The Kier molecular flexibility index (Phi) is 5.84. The first-order valence-corrected chi connectivity index (χ1v) is 12.0. The number of rotatable bonds is 3. The van der Waals surface area contributed by atoms with Crippen LogP contribution in [0.15, 0.2) is 115 Å². The van der Waals surface area contributed by atoms with Gasteiger partial charge in [-0.2, -0.15) is 0 Å². The zero-order valence-electron chi connectivity index (χ0n) is 17.3. The smallest absolute Gasteiger partial charge is 0.292 e. The summed E-state index contributed by atoms with van der Waals surface area (Å²) in [6.45, 7) is 0. The Balaban J connectivity index is 0.00000216. The summed E-state index contributed by atoms with van der Waals surface area (Å²) >= 11 is 0. The van der Waals surface area contributed by atoms with Crippen LogP contribution in [0, 0.1) is 6.07 Å². The van der Waals surface area contributed by atoms with E-state index in [2.05, 4.69) is 109 Å². The molecular formula is C29H20NOsP+. The van der Waals surface area contributed by atoms with Gasteiger partial charge in [-0.15, -0.1) is 35.0 Å². The first kappa shape index (κ1) is 21.0. The van der Waals surface area contributed by atoms with Crippen molar-refractivity contribution in [1.29, 1.82) is 0 Å². The van der Waals surface area contributed by atoms with Gasteiger partial charge >= 0.3 is 19.8 Å². The van der Waals surface area contributed by atoms with Crippen molar-refractivity contribution in [1.82, 2.24) is 4.98 Å². The molecule has 1 heterocycles. The molecule has 0 N–H and O–H groups in total. The molecule has 6 aromatic rings. The van der Waals surface area contributed by atoms with Gasteiger partial charge < -0.3 is 0 Å². The summed E-state index contributed by atoms with van der Waals surface area (Å²) in [5.41, 5.74) is 2.13. The van der Waals surface area contributed by atoms with E-state index in [1.54, 1.807) is 0 Å². The molecule has 0 saturated carbocycles. The minimum absolute atomic E-state index is 0. The van der Waals surface area contributed by atoms with Crippen molar-refractivity contribution in [3.63, 3.8) is 0 Å². The Morgan fingerprint density at radius 1 is 0.562 bits per heavy atom. The van der Waals surface area contributed by atoms with Crippen molar-refractivity contribution in [2.45, 2.75) is 0 Å². The second-order valence-electron chi connectivity index (χ2n) is 7.74. The van der Waals surface area contributed by atoms with Crippen molar-refractivity contribution in [2.75, 3.05) is 0 Å². The zero-order chi connectivity index (χ0) is 20.6. The predicted octanol–water partition coefficient (Wildman–Crippen LogP) is 5.83. The summed E-state index contributed by atoms with van der Waals surface area (Å²) in [5.74, 6) is 0. The molecule has 0 bridgehead atoms. The molecule has 0 amide bonds. The van der Waals surface area contributed by atoms with Crippen LogP contribution in [0.2, 0.25) is 0 Å². The molecule has 1 nitrogen and oxygen atoms in total. The number of nitrogens with zero attached hydrogens (tertiary/aromatic N) is 1. The Labute approximate surface area is 201 Å². The van der Waals surface area contributed by atoms with Gasteiger partial charge in [0.25, 0.3) is 0 Å². The van der Waals surface area contributed by atoms with Crippen LogP contribution < -0.4 is 15.9 Å². The third kappa shape index (κ3) is 3.65. The van der Waals surface area contributed by atoms with E-state index in [0.29, 0.717) is 0 Å². The van der Waals surface area contributed by atoms with E-state index in [4.69, 9.17) is 4.98 Å². The number of hydrogen-bond donors (Lipinski definition) is 0. The van der Waals surface area contributed by atoms with Crippen LogP contribution >= 0.6 is 7.92 Å². The Bertz CT molecular complexity index is 1490. The molecule has 0 saturated heterocycles. The van der Waals surface area contributed by atoms with Gasteiger partial charge in [-0.25, -0.2) is 0 Å². The normalized spacial score (nSPS) is 11.2. The van der Waals surface area contributed by atoms with E-state index < -0.39 is 7.92 Å². The summed E-state index contributed by atoms with van der Waals surface area (Å²) in [6.07, 6.45) is 0. The Morgan fingerprint density at radius 2 is 1.19 bits per heavy atom. The zero-order valence-corrected chi connectivity index (χ0v) is 20.8. The van der Waals surface area contributed by atoms with Gasteiger partial charge in [0.1, 0.15) is 29.4 Å². The van der Waals surface area contributed by atoms with Gasteiger partial charge in [-0.3, -0.25) is 4.98 Å².